The van der Waals surface area contributed by atoms with Crippen molar-refractivity contribution in [1.29, 1.82) is 0 Å². The standard InChI is InChI=1S/C26H30.Zr/c1-3-19(2)22-12-14-23(15-13-22)25-11-7-10-24-17-21(18-26(24)25)16-20-8-5-4-6-9-20;/h7,10-20H,3-6,8-9H2,1-2H3;. The fraction of sp³-hybridized carbons (Fsp3) is 0.385. The maximum Gasteiger partial charge on any atom is 0 e. The van der Waals surface area contributed by atoms with Gasteiger partial charge in [-0.15, -0.1) is 0 Å². The molecule has 2 aliphatic rings. The van der Waals surface area contributed by atoms with Gasteiger partial charge in [0, 0.05) is 26.2 Å². The van der Waals surface area contributed by atoms with E-state index < -0.39 is 0 Å². The summed E-state index contributed by atoms with van der Waals surface area (Å²) in [6, 6.07) is 15.9. The third-order valence-electron chi connectivity index (χ3n) is 6.25. The molecule has 1 heteroatoms. The Morgan fingerprint density at radius 3 is 2.41 bits per heavy atom. The zero-order valence-electron chi connectivity index (χ0n) is 16.7. The van der Waals surface area contributed by atoms with Gasteiger partial charge in [0.05, 0.1) is 0 Å². The zero-order chi connectivity index (χ0) is 17.9. The second-order valence-electron chi connectivity index (χ2n) is 8.09. The maximum atomic E-state index is 2.52. The van der Waals surface area contributed by atoms with E-state index in [4.69, 9.17) is 0 Å². The molecular formula is C26H30Zr. The van der Waals surface area contributed by atoms with Crippen LogP contribution in [-0.2, 0) is 26.2 Å². The molecule has 1 fully saturated rings. The smallest absolute Gasteiger partial charge is 0 e. The van der Waals surface area contributed by atoms with E-state index in [0.717, 1.165) is 5.92 Å². The molecule has 0 aliphatic heterocycles. The Bertz CT molecular complexity index is 912. The van der Waals surface area contributed by atoms with Crippen molar-refractivity contribution in [2.45, 2.75) is 58.3 Å². The summed E-state index contributed by atoms with van der Waals surface area (Å²) in [7, 11) is 0. The van der Waals surface area contributed by atoms with Crippen LogP contribution >= 0.6 is 0 Å². The van der Waals surface area contributed by atoms with Gasteiger partial charge in [-0.1, -0.05) is 81.7 Å². The van der Waals surface area contributed by atoms with Gasteiger partial charge in [0.15, 0.2) is 0 Å². The van der Waals surface area contributed by atoms with E-state index >= 15 is 0 Å². The molecule has 1 atom stereocenters. The van der Waals surface area contributed by atoms with E-state index in [1.54, 1.807) is 0 Å². The number of hydrogen-bond acceptors (Lipinski definition) is 0. The van der Waals surface area contributed by atoms with Crippen molar-refractivity contribution in [3.8, 4) is 11.1 Å². The van der Waals surface area contributed by atoms with Crippen LogP contribution in [0.15, 0.2) is 54.1 Å². The largest absolute Gasteiger partial charge is 0.0741 e. The minimum Gasteiger partial charge on any atom is -0.0741 e. The Hall–Kier alpha value is -1.20. The van der Waals surface area contributed by atoms with Gasteiger partial charge >= 0.3 is 0 Å². The van der Waals surface area contributed by atoms with Gasteiger partial charge in [-0.3, -0.25) is 0 Å². The van der Waals surface area contributed by atoms with Crippen LogP contribution in [0, 0.1) is 5.92 Å². The molecule has 1 unspecified atom stereocenters. The number of rotatable bonds is 4. The third kappa shape index (κ3) is 4.63. The number of hydrogen-bond donors (Lipinski definition) is 0. The van der Waals surface area contributed by atoms with Gasteiger partial charge < -0.3 is 0 Å². The summed E-state index contributed by atoms with van der Waals surface area (Å²) in [5.41, 5.74) is 5.55. The Morgan fingerprint density at radius 2 is 1.70 bits per heavy atom. The third-order valence-corrected chi connectivity index (χ3v) is 6.25. The van der Waals surface area contributed by atoms with Crippen molar-refractivity contribution in [3.05, 3.63) is 70.1 Å². The average molecular weight is 434 g/mol. The number of allylic oxidation sites excluding steroid dienone is 2. The summed E-state index contributed by atoms with van der Waals surface area (Å²) in [4.78, 5) is 0. The summed E-state index contributed by atoms with van der Waals surface area (Å²) in [6.07, 6.45) is 15.4. The molecule has 2 aliphatic carbocycles. The first-order valence-corrected chi connectivity index (χ1v) is 10.4. The fourth-order valence-electron chi connectivity index (χ4n) is 4.41. The van der Waals surface area contributed by atoms with E-state index in [-0.39, 0.29) is 26.2 Å². The normalized spacial score (nSPS) is 19.0. The van der Waals surface area contributed by atoms with E-state index in [0.29, 0.717) is 5.92 Å². The average Bonchev–Trinajstić information content (AvgIpc) is 3.10. The molecular weight excluding hydrogens is 404 g/mol. The van der Waals surface area contributed by atoms with E-state index in [1.165, 1.54) is 71.2 Å². The summed E-state index contributed by atoms with van der Waals surface area (Å²) >= 11 is 0. The van der Waals surface area contributed by atoms with Crippen molar-refractivity contribution in [3.63, 3.8) is 0 Å². The van der Waals surface area contributed by atoms with E-state index in [9.17, 15) is 0 Å². The first-order valence-electron chi connectivity index (χ1n) is 10.4. The van der Waals surface area contributed by atoms with Crippen LogP contribution in [0.4, 0.5) is 0 Å². The molecule has 4 rings (SSSR count). The monoisotopic (exact) mass is 432 g/mol. The molecule has 0 heterocycles. The van der Waals surface area contributed by atoms with Gasteiger partial charge in [0.1, 0.15) is 0 Å². The number of fused-ring (bicyclic) bond motifs is 1. The predicted molar refractivity (Wildman–Crippen MR) is 113 cm³/mol. The second kappa shape index (κ2) is 9.33. The molecule has 138 valence electrons. The van der Waals surface area contributed by atoms with Crippen LogP contribution < -0.4 is 10.4 Å². The Kier molecular flexibility index (Phi) is 7.10. The van der Waals surface area contributed by atoms with Gasteiger partial charge in [-0.05, 0) is 76.0 Å². The summed E-state index contributed by atoms with van der Waals surface area (Å²) in [5.74, 6) is 1.41. The molecule has 0 radical (unpaired) electrons. The zero-order valence-corrected chi connectivity index (χ0v) is 19.1. The van der Waals surface area contributed by atoms with Crippen molar-refractivity contribution >= 4 is 12.2 Å². The molecule has 0 amide bonds. The molecule has 27 heavy (non-hydrogen) atoms. The minimum absolute atomic E-state index is 0. The molecule has 0 bridgehead atoms. The Morgan fingerprint density at radius 1 is 0.963 bits per heavy atom. The number of benzene rings is 2. The van der Waals surface area contributed by atoms with Crippen LogP contribution in [0.3, 0.4) is 0 Å². The van der Waals surface area contributed by atoms with Crippen LogP contribution in [0.25, 0.3) is 23.3 Å². The first-order chi connectivity index (χ1) is 12.7. The van der Waals surface area contributed by atoms with Crippen molar-refractivity contribution in [1.82, 2.24) is 0 Å². The van der Waals surface area contributed by atoms with Gasteiger partial charge in [0.25, 0.3) is 0 Å². The fourth-order valence-corrected chi connectivity index (χ4v) is 4.41. The minimum atomic E-state index is 0. The Balaban J connectivity index is 0.00000210. The Labute approximate surface area is 183 Å². The molecule has 0 aromatic heterocycles. The van der Waals surface area contributed by atoms with Crippen LogP contribution in [0.5, 0.6) is 0 Å². The summed E-state index contributed by atoms with van der Waals surface area (Å²) in [6.45, 7) is 4.56. The molecule has 0 saturated heterocycles. The van der Waals surface area contributed by atoms with Gasteiger partial charge in [-0.25, -0.2) is 0 Å². The van der Waals surface area contributed by atoms with E-state index in [2.05, 4.69) is 74.5 Å². The van der Waals surface area contributed by atoms with E-state index in [1.807, 2.05) is 0 Å². The molecule has 2 aromatic rings. The maximum absolute atomic E-state index is 2.52. The van der Waals surface area contributed by atoms with Crippen LogP contribution in [0.1, 0.15) is 63.9 Å². The van der Waals surface area contributed by atoms with Crippen molar-refractivity contribution in [2.24, 2.45) is 5.92 Å². The predicted octanol–water partition coefficient (Wildman–Crippen LogP) is 5.95. The van der Waals surface area contributed by atoms with Gasteiger partial charge in [0.2, 0.25) is 0 Å². The molecule has 0 N–H and O–H groups in total. The quantitative estimate of drug-likeness (QED) is 0.559. The topological polar surface area (TPSA) is 0 Å². The van der Waals surface area contributed by atoms with Crippen LogP contribution in [0.2, 0.25) is 0 Å². The van der Waals surface area contributed by atoms with Crippen molar-refractivity contribution in [2.75, 3.05) is 0 Å². The molecule has 2 aromatic carbocycles. The molecule has 0 nitrogen and oxygen atoms in total. The summed E-state index contributed by atoms with van der Waals surface area (Å²) < 4.78 is 0. The second-order valence-corrected chi connectivity index (χ2v) is 8.09. The van der Waals surface area contributed by atoms with Crippen LogP contribution in [-0.4, -0.2) is 0 Å². The first kappa shape index (κ1) is 20.5. The van der Waals surface area contributed by atoms with Crippen molar-refractivity contribution < 1.29 is 26.2 Å². The molecule has 0 spiro atoms. The SMILES string of the molecule is CCC(C)c1ccc(-c2cccc3c2=CC(=CC2CCCCC2)C=3)cc1.[Zr]. The molecule has 1 saturated carbocycles. The van der Waals surface area contributed by atoms with Gasteiger partial charge in [-0.2, -0.15) is 0 Å². The summed E-state index contributed by atoms with van der Waals surface area (Å²) in [5, 5.41) is 2.77.